The van der Waals surface area contributed by atoms with Crippen LogP contribution in [0.2, 0.25) is 0 Å². The van der Waals surface area contributed by atoms with Crippen molar-refractivity contribution in [1.82, 2.24) is 30.4 Å². The molecule has 1 atom stereocenters. The topological polar surface area (TPSA) is 94.4 Å². The first-order chi connectivity index (χ1) is 14.7. The lowest BCUT2D eigenvalue weighted by Gasteiger charge is -2.35. The minimum Gasteiger partial charge on any atom is -0.497 e. The van der Waals surface area contributed by atoms with Gasteiger partial charge in [-0.15, -0.1) is 5.10 Å². The van der Waals surface area contributed by atoms with Gasteiger partial charge in [0.2, 0.25) is 0 Å². The molecule has 4 rings (SSSR count). The summed E-state index contributed by atoms with van der Waals surface area (Å²) in [7, 11) is 1.65. The number of nitrogens with one attached hydrogen (secondary N) is 1. The number of tetrazole rings is 1. The molecule has 1 aromatic heterocycles. The van der Waals surface area contributed by atoms with Crippen LogP contribution in [0.3, 0.4) is 0 Å². The van der Waals surface area contributed by atoms with Crippen LogP contribution in [0.15, 0.2) is 54.9 Å². The van der Waals surface area contributed by atoms with E-state index in [1.807, 2.05) is 36.4 Å². The van der Waals surface area contributed by atoms with Crippen LogP contribution >= 0.6 is 0 Å². The Hall–Kier alpha value is -3.30. The summed E-state index contributed by atoms with van der Waals surface area (Å²) in [5, 5.41) is 14.2. The van der Waals surface area contributed by atoms with Gasteiger partial charge in [-0.05, 0) is 46.3 Å². The summed E-state index contributed by atoms with van der Waals surface area (Å²) >= 11 is 0. The maximum Gasteiger partial charge on any atom is 0.251 e. The normalized spacial score (nSPS) is 15.5. The van der Waals surface area contributed by atoms with E-state index in [2.05, 4.69) is 25.7 Å². The second-order valence-corrected chi connectivity index (χ2v) is 6.95. The van der Waals surface area contributed by atoms with Crippen molar-refractivity contribution in [2.24, 2.45) is 0 Å². The molecule has 1 fully saturated rings. The van der Waals surface area contributed by atoms with Gasteiger partial charge >= 0.3 is 0 Å². The largest absolute Gasteiger partial charge is 0.497 e. The van der Waals surface area contributed by atoms with Crippen LogP contribution in [-0.2, 0) is 4.74 Å². The fraction of sp³-hybridized carbons (Fsp3) is 0.333. The number of morpholine rings is 1. The van der Waals surface area contributed by atoms with Crippen molar-refractivity contribution in [1.29, 1.82) is 0 Å². The molecule has 30 heavy (non-hydrogen) atoms. The Morgan fingerprint density at radius 3 is 2.70 bits per heavy atom. The number of hydrogen-bond acceptors (Lipinski definition) is 7. The first-order valence-corrected chi connectivity index (χ1v) is 9.82. The van der Waals surface area contributed by atoms with Gasteiger partial charge in [-0.3, -0.25) is 9.69 Å². The van der Waals surface area contributed by atoms with E-state index < -0.39 is 0 Å². The van der Waals surface area contributed by atoms with Gasteiger partial charge in [0, 0.05) is 25.2 Å². The number of rotatable bonds is 7. The molecule has 1 aliphatic rings. The SMILES string of the molecule is COc1ccc([C@@H](CNC(=O)c2cccc(-n3cnnn3)c2)N2CCOCC2)cc1. The lowest BCUT2D eigenvalue weighted by molar-refractivity contribution is 0.0162. The summed E-state index contributed by atoms with van der Waals surface area (Å²) in [6, 6.07) is 15.2. The van der Waals surface area contributed by atoms with Crippen molar-refractivity contribution < 1.29 is 14.3 Å². The minimum atomic E-state index is -0.142. The van der Waals surface area contributed by atoms with Gasteiger partial charge in [0.05, 0.1) is 32.1 Å². The molecule has 1 N–H and O–H groups in total. The van der Waals surface area contributed by atoms with E-state index in [-0.39, 0.29) is 11.9 Å². The quantitative estimate of drug-likeness (QED) is 0.633. The zero-order chi connectivity index (χ0) is 20.8. The molecule has 9 nitrogen and oxygen atoms in total. The molecule has 156 valence electrons. The molecule has 3 aromatic rings. The van der Waals surface area contributed by atoms with Crippen LogP contribution in [0, 0.1) is 0 Å². The molecule has 1 saturated heterocycles. The van der Waals surface area contributed by atoms with Crippen LogP contribution in [0.1, 0.15) is 22.0 Å². The Kier molecular flexibility index (Phi) is 6.31. The minimum absolute atomic E-state index is 0.0476. The van der Waals surface area contributed by atoms with E-state index in [4.69, 9.17) is 9.47 Å². The first-order valence-electron chi connectivity index (χ1n) is 9.82. The van der Waals surface area contributed by atoms with Crippen molar-refractivity contribution in [3.63, 3.8) is 0 Å². The van der Waals surface area contributed by atoms with Gasteiger partial charge in [-0.1, -0.05) is 18.2 Å². The highest BCUT2D eigenvalue weighted by molar-refractivity contribution is 5.94. The molecule has 9 heteroatoms. The molecule has 2 aromatic carbocycles. The highest BCUT2D eigenvalue weighted by Crippen LogP contribution is 2.24. The number of carbonyl (C=O) groups is 1. The third kappa shape index (κ3) is 4.64. The summed E-state index contributed by atoms with van der Waals surface area (Å²) in [6.45, 7) is 3.51. The number of benzene rings is 2. The Bertz CT molecular complexity index is 955. The van der Waals surface area contributed by atoms with Gasteiger partial charge < -0.3 is 14.8 Å². The molecule has 0 unspecified atom stereocenters. The smallest absolute Gasteiger partial charge is 0.251 e. The van der Waals surface area contributed by atoms with E-state index in [1.54, 1.807) is 19.2 Å². The lowest BCUT2D eigenvalue weighted by atomic mass is 10.0. The monoisotopic (exact) mass is 408 g/mol. The van der Waals surface area contributed by atoms with E-state index >= 15 is 0 Å². The van der Waals surface area contributed by atoms with Crippen molar-refractivity contribution in [3.8, 4) is 11.4 Å². The predicted octanol–water partition coefficient (Wildman–Crippen LogP) is 1.47. The average Bonchev–Trinajstić information content (AvgIpc) is 3.35. The standard InChI is InChI=1S/C21H24N6O3/c1-29-19-7-5-16(6-8-19)20(26-9-11-30-12-10-26)14-22-21(28)17-3-2-4-18(13-17)27-15-23-24-25-27/h2-8,13,15,20H,9-12,14H2,1H3,(H,22,28)/t20-/m1/s1. The third-order valence-electron chi connectivity index (χ3n) is 5.16. The summed E-state index contributed by atoms with van der Waals surface area (Å²) in [5.41, 5.74) is 2.41. The van der Waals surface area contributed by atoms with Crippen molar-refractivity contribution in [2.75, 3.05) is 40.0 Å². The zero-order valence-corrected chi connectivity index (χ0v) is 16.8. The van der Waals surface area contributed by atoms with Gasteiger partial charge in [-0.2, -0.15) is 0 Å². The first kappa shape index (κ1) is 20.0. The fourth-order valence-corrected chi connectivity index (χ4v) is 3.53. The van der Waals surface area contributed by atoms with E-state index in [0.717, 1.165) is 30.1 Å². The molecule has 0 spiro atoms. The number of hydrogen-bond donors (Lipinski definition) is 1. The predicted molar refractivity (Wildman–Crippen MR) is 110 cm³/mol. The molecule has 1 amide bonds. The van der Waals surface area contributed by atoms with Crippen molar-refractivity contribution in [2.45, 2.75) is 6.04 Å². The third-order valence-corrected chi connectivity index (χ3v) is 5.16. The number of aromatic nitrogens is 4. The fourth-order valence-electron chi connectivity index (χ4n) is 3.53. The number of nitrogens with zero attached hydrogens (tertiary/aromatic N) is 5. The Balaban J connectivity index is 1.48. The number of ether oxygens (including phenoxy) is 2. The van der Waals surface area contributed by atoms with Gasteiger partial charge in [-0.25, -0.2) is 4.68 Å². The second-order valence-electron chi connectivity index (χ2n) is 6.95. The maximum absolute atomic E-state index is 12.9. The molecule has 1 aliphatic heterocycles. The Labute approximate surface area is 174 Å². The molecule has 0 aliphatic carbocycles. The van der Waals surface area contributed by atoms with E-state index in [1.165, 1.54) is 11.0 Å². The summed E-state index contributed by atoms with van der Waals surface area (Å²) in [4.78, 5) is 15.2. The zero-order valence-electron chi connectivity index (χ0n) is 16.8. The molecular weight excluding hydrogens is 384 g/mol. The van der Waals surface area contributed by atoms with Crippen LogP contribution in [-0.4, -0.2) is 71.0 Å². The van der Waals surface area contributed by atoms with Gasteiger partial charge in [0.1, 0.15) is 12.1 Å². The number of methoxy groups -OCH3 is 1. The van der Waals surface area contributed by atoms with Crippen LogP contribution in [0.5, 0.6) is 5.75 Å². The number of amides is 1. The summed E-state index contributed by atoms with van der Waals surface area (Å²) in [5.74, 6) is 0.666. The molecule has 0 saturated carbocycles. The van der Waals surface area contributed by atoms with Gasteiger partial charge in [0.15, 0.2) is 0 Å². The second kappa shape index (κ2) is 9.47. The lowest BCUT2D eigenvalue weighted by Crippen LogP contribution is -2.43. The Morgan fingerprint density at radius 2 is 2.00 bits per heavy atom. The van der Waals surface area contributed by atoms with Gasteiger partial charge in [0.25, 0.3) is 5.91 Å². The van der Waals surface area contributed by atoms with Crippen LogP contribution in [0.4, 0.5) is 0 Å². The highest BCUT2D eigenvalue weighted by atomic mass is 16.5. The van der Waals surface area contributed by atoms with Crippen molar-refractivity contribution in [3.05, 3.63) is 66.0 Å². The number of carbonyl (C=O) groups excluding carboxylic acids is 1. The summed E-state index contributed by atoms with van der Waals surface area (Å²) < 4.78 is 12.3. The summed E-state index contributed by atoms with van der Waals surface area (Å²) in [6.07, 6.45) is 1.50. The maximum atomic E-state index is 12.9. The highest BCUT2D eigenvalue weighted by Gasteiger charge is 2.23. The van der Waals surface area contributed by atoms with Crippen molar-refractivity contribution >= 4 is 5.91 Å². The van der Waals surface area contributed by atoms with Crippen LogP contribution < -0.4 is 10.1 Å². The molecule has 0 radical (unpaired) electrons. The molecule has 2 heterocycles. The molecule has 0 bridgehead atoms. The van der Waals surface area contributed by atoms with E-state index in [0.29, 0.717) is 25.3 Å². The van der Waals surface area contributed by atoms with E-state index in [9.17, 15) is 4.79 Å². The Morgan fingerprint density at radius 1 is 1.20 bits per heavy atom. The van der Waals surface area contributed by atoms with Crippen LogP contribution in [0.25, 0.3) is 5.69 Å². The average molecular weight is 408 g/mol. The molecular formula is C21H24N6O3.